The monoisotopic (exact) mass is 379 g/mol. The van der Waals surface area contributed by atoms with Crippen molar-refractivity contribution in [2.75, 3.05) is 44.7 Å². The van der Waals surface area contributed by atoms with Gasteiger partial charge in [-0.3, -0.25) is 9.78 Å². The zero-order valence-corrected chi connectivity index (χ0v) is 16.3. The Morgan fingerprint density at radius 3 is 2.89 bits per heavy atom. The third-order valence-electron chi connectivity index (χ3n) is 5.51. The number of carbonyl (C=O) groups excluding carboxylic acids is 1. The normalized spacial score (nSPS) is 22.8. The molecule has 146 valence electrons. The largest absolute Gasteiger partial charge is 0.365 e. The van der Waals surface area contributed by atoms with Gasteiger partial charge in [-0.2, -0.15) is 5.26 Å². The van der Waals surface area contributed by atoms with E-state index in [4.69, 9.17) is 4.74 Å². The van der Waals surface area contributed by atoms with Crippen molar-refractivity contribution in [3.63, 3.8) is 0 Å². The van der Waals surface area contributed by atoms with Crippen LogP contribution >= 0.6 is 0 Å². The molecule has 1 aromatic heterocycles. The van der Waals surface area contributed by atoms with E-state index in [-0.39, 0.29) is 12.0 Å². The Hall–Kier alpha value is -2.69. The lowest BCUT2D eigenvalue weighted by molar-refractivity contribution is -0.154. The number of likely N-dealkylation sites (tertiary alicyclic amines) is 1. The van der Waals surface area contributed by atoms with Crippen LogP contribution in [0.25, 0.3) is 10.9 Å². The van der Waals surface area contributed by atoms with Gasteiger partial charge in [0, 0.05) is 49.4 Å². The highest BCUT2D eigenvalue weighted by Crippen LogP contribution is 2.31. The highest BCUT2D eigenvalue weighted by Gasteiger charge is 2.38. The first-order valence-corrected chi connectivity index (χ1v) is 9.72. The maximum Gasteiger partial charge on any atom is 0.253 e. The minimum absolute atomic E-state index is 0.0561. The molecule has 2 aliphatic heterocycles. The van der Waals surface area contributed by atoms with Crippen LogP contribution < -0.4 is 10.2 Å². The maximum atomic E-state index is 12.9. The molecule has 2 atom stereocenters. The van der Waals surface area contributed by atoms with Crippen LogP contribution in [0.5, 0.6) is 0 Å². The van der Waals surface area contributed by atoms with E-state index in [9.17, 15) is 10.1 Å². The van der Waals surface area contributed by atoms with Gasteiger partial charge in [-0.15, -0.1) is 0 Å². The number of hydrogen-bond acceptors (Lipinski definition) is 6. The molecule has 2 fully saturated rings. The average Bonchev–Trinajstić information content (AvgIpc) is 2.68. The Bertz CT molecular complexity index is 919. The quantitative estimate of drug-likeness (QED) is 0.864. The van der Waals surface area contributed by atoms with Gasteiger partial charge in [0.1, 0.15) is 6.07 Å². The third-order valence-corrected chi connectivity index (χ3v) is 5.51. The molecule has 0 bridgehead atoms. The van der Waals surface area contributed by atoms with Crippen LogP contribution in [0.3, 0.4) is 0 Å². The zero-order chi connectivity index (χ0) is 19.7. The summed E-state index contributed by atoms with van der Waals surface area (Å²) in [4.78, 5) is 21.4. The van der Waals surface area contributed by atoms with Crippen LogP contribution in [0.2, 0.25) is 0 Å². The predicted molar refractivity (Wildman–Crippen MR) is 107 cm³/mol. The Labute approximate surface area is 164 Å². The van der Waals surface area contributed by atoms with Crippen LogP contribution in [0.1, 0.15) is 12.5 Å². The summed E-state index contributed by atoms with van der Waals surface area (Å²) >= 11 is 0. The van der Waals surface area contributed by atoms with Crippen molar-refractivity contribution in [3.05, 3.63) is 36.0 Å². The lowest BCUT2D eigenvalue weighted by atomic mass is 9.99. The predicted octanol–water partition coefficient (Wildman–Crippen LogP) is 1.38. The molecule has 2 aromatic rings. The van der Waals surface area contributed by atoms with Gasteiger partial charge in [-0.25, -0.2) is 0 Å². The Balaban J connectivity index is 1.56. The molecule has 2 aliphatic rings. The van der Waals surface area contributed by atoms with Crippen molar-refractivity contribution in [2.45, 2.75) is 19.1 Å². The van der Waals surface area contributed by atoms with Crippen LogP contribution in [-0.2, 0) is 9.53 Å². The topological polar surface area (TPSA) is 81.5 Å². The highest BCUT2D eigenvalue weighted by molar-refractivity contribution is 5.95. The first-order chi connectivity index (χ1) is 13.6. The number of nitrogens with zero attached hydrogens (tertiary/aromatic N) is 4. The number of rotatable bonds is 4. The number of anilines is 1. The van der Waals surface area contributed by atoms with Gasteiger partial charge < -0.3 is 19.9 Å². The van der Waals surface area contributed by atoms with E-state index in [2.05, 4.69) is 21.3 Å². The Kier molecular flexibility index (Phi) is 5.16. The molecule has 1 amide bonds. The summed E-state index contributed by atoms with van der Waals surface area (Å²) in [6.45, 7) is 5.71. The molecule has 7 nitrogen and oxygen atoms in total. The fraction of sp³-hybridized carbons (Fsp3) is 0.476. The fourth-order valence-electron chi connectivity index (χ4n) is 4.18. The number of carbonyl (C=O) groups is 1. The number of fused-ring (bicyclic) bond motifs is 1. The number of benzene rings is 1. The number of ether oxygens (including phenoxy) is 1. The van der Waals surface area contributed by atoms with Gasteiger partial charge in [0.2, 0.25) is 0 Å². The Morgan fingerprint density at radius 1 is 1.32 bits per heavy atom. The van der Waals surface area contributed by atoms with E-state index in [0.717, 1.165) is 30.7 Å². The second-order valence-corrected chi connectivity index (χ2v) is 7.65. The van der Waals surface area contributed by atoms with Crippen molar-refractivity contribution in [2.24, 2.45) is 5.92 Å². The minimum Gasteiger partial charge on any atom is -0.365 e. The molecule has 0 radical (unpaired) electrons. The lowest BCUT2D eigenvalue weighted by Gasteiger charge is -2.44. The van der Waals surface area contributed by atoms with Crippen molar-refractivity contribution in [3.8, 4) is 6.07 Å². The molecule has 2 saturated heterocycles. The SMILES string of the molecule is CNCC1CN(C(=O)[C@H]2CN(c3ccc(C#N)c4ncccc34)C[C@@H](C)O2)C1. The number of nitrogens with one attached hydrogen (secondary N) is 1. The number of pyridine rings is 1. The molecule has 28 heavy (non-hydrogen) atoms. The number of hydrogen-bond donors (Lipinski definition) is 1. The Morgan fingerprint density at radius 2 is 2.14 bits per heavy atom. The standard InChI is InChI=1S/C21H25N5O2/c1-14-10-25(13-19(28-14)21(27)26-11-15(12-26)9-23-2)18-6-5-16(8-22)20-17(18)4-3-7-24-20/h3-7,14-15,19,23H,9-13H2,1-2H3/t14-,19-/m1/s1. The first kappa shape index (κ1) is 18.7. The van der Waals surface area contributed by atoms with Gasteiger partial charge in [-0.05, 0) is 38.2 Å². The van der Waals surface area contributed by atoms with E-state index in [0.29, 0.717) is 30.1 Å². The van der Waals surface area contributed by atoms with E-state index in [1.54, 1.807) is 12.3 Å². The van der Waals surface area contributed by atoms with Gasteiger partial charge in [0.05, 0.1) is 23.7 Å². The zero-order valence-electron chi connectivity index (χ0n) is 16.3. The van der Waals surface area contributed by atoms with Crippen molar-refractivity contribution < 1.29 is 9.53 Å². The molecule has 0 saturated carbocycles. The summed E-state index contributed by atoms with van der Waals surface area (Å²) in [5.41, 5.74) is 2.25. The molecule has 4 rings (SSSR count). The minimum atomic E-state index is -0.471. The molecule has 3 heterocycles. The van der Waals surface area contributed by atoms with Crippen molar-refractivity contribution in [1.82, 2.24) is 15.2 Å². The summed E-state index contributed by atoms with van der Waals surface area (Å²) < 4.78 is 5.99. The molecule has 0 unspecified atom stereocenters. The van der Waals surface area contributed by atoms with E-state index in [1.165, 1.54) is 0 Å². The second-order valence-electron chi connectivity index (χ2n) is 7.65. The molecular formula is C21H25N5O2. The van der Waals surface area contributed by atoms with Crippen molar-refractivity contribution >= 4 is 22.5 Å². The highest BCUT2D eigenvalue weighted by atomic mass is 16.5. The third kappa shape index (κ3) is 3.41. The molecule has 7 heteroatoms. The molecule has 0 aliphatic carbocycles. The maximum absolute atomic E-state index is 12.9. The first-order valence-electron chi connectivity index (χ1n) is 9.72. The molecule has 1 N–H and O–H groups in total. The van der Waals surface area contributed by atoms with E-state index < -0.39 is 6.10 Å². The number of nitriles is 1. The van der Waals surface area contributed by atoms with Crippen LogP contribution in [0.4, 0.5) is 5.69 Å². The average molecular weight is 379 g/mol. The molecule has 0 spiro atoms. The van der Waals surface area contributed by atoms with Crippen LogP contribution in [0.15, 0.2) is 30.5 Å². The van der Waals surface area contributed by atoms with E-state index in [1.807, 2.05) is 37.1 Å². The summed E-state index contributed by atoms with van der Waals surface area (Å²) in [5, 5.41) is 13.5. The number of morpholine rings is 1. The van der Waals surface area contributed by atoms with Crippen molar-refractivity contribution in [1.29, 1.82) is 5.26 Å². The van der Waals surface area contributed by atoms with Crippen LogP contribution in [-0.4, -0.2) is 67.8 Å². The smallest absolute Gasteiger partial charge is 0.253 e. The van der Waals surface area contributed by atoms with Crippen LogP contribution in [0, 0.1) is 17.2 Å². The summed E-state index contributed by atoms with van der Waals surface area (Å²) in [7, 11) is 1.94. The fourth-order valence-corrected chi connectivity index (χ4v) is 4.18. The van der Waals surface area contributed by atoms with Gasteiger partial charge in [-0.1, -0.05) is 0 Å². The van der Waals surface area contributed by atoms with Gasteiger partial charge >= 0.3 is 0 Å². The second kappa shape index (κ2) is 7.74. The summed E-state index contributed by atoms with van der Waals surface area (Å²) in [5.74, 6) is 0.597. The van der Waals surface area contributed by atoms with Gasteiger partial charge in [0.15, 0.2) is 6.10 Å². The summed E-state index contributed by atoms with van der Waals surface area (Å²) in [6, 6.07) is 9.82. The molecular weight excluding hydrogens is 354 g/mol. The molecule has 1 aromatic carbocycles. The number of amides is 1. The lowest BCUT2D eigenvalue weighted by Crippen LogP contribution is -2.60. The van der Waals surface area contributed by atoms with Gasteiger partial charge in [0.25, 0.3) is 5.91 Å². The summed E-state index contributed by atoms with van der Waals surface area (Å²) in [6.07, 6.45) is 1.17. The number of aromatic nitrogens is 1. The van der Waals surface area contributed by atoms with E-state index >= 15 is 0 Å².